The number of rotatable bonds is 4. The van der Waals surface area contributed by atoms with Crippen molar-refractivity contribution in [2.75, 3.05) is 0 Å². The Labute approximate surface area is 121 Å². The van der Waals surface area contributed by atoms with Crippen LogP contribution in [-0.4, -0.2) is 13.4 Å². The molecule has 1 aromatic carbocycles. The van der Waals surface area contributed by atoms with Crippen molar-refractivity contribution in [1.82, 2.24) is 9.71 Å². The average molecular weight is 306 g/mol. The van der Waals surface area contributed by atoms with Crippen molar-refractivity contribution in [2.45, 2.75) is 17.7 Å². The molecule has 3 aromatic rings. The van der Waals surface area contributed by atoms with Crippen LogP contribution in [0.1, 0.15) is 11.3 Å². The number of aryl methyl sites for hydroxylation is 1. The topological polar surface area (TPSA) is 62.0 Å². The number of para-hydroxylation sites is 1. The molecule has 3 rings (SSSR count). The molecule has 0 amide bonds. The van der Waals surface area contributed by atoms with Gasteiger partial charge in [-0.2, -0.15) is 0 Å². The molecule has 0 fully saturated rings. The number of H-pyrrole nitrogens is 1. The molecular formula is C14H14N2O2S2. The molecule has 0 aliphatic rings. The minimum Gasteiger partial charge on any atom is -0.358 e. The minimum atomic E-state index is -3.42. The second kappa shape index (κ2) is 5.05. The van der Waals surface area contributed by atoms with Crippen molar-refractivity contribution in [3.8, 4) is 0 Å². The standard InChI is InChI=1S/C14H14N2O2S2/c1-10-12(11-5-2-3-6-13(11)16-10)9-15-20(17,18)14-7-4-8-19-14/h2-8,15-16H,9H2,1H3. The van der Waals surface area contributed by atoms with Crippen molar-refractivity contribution in [3.05, 3.63) is 53.0 Å². The van der Waals surface area contributed by atoms with Gasteiger partial charge in [0, 0.05) is 23.1 Å². The first kappa shape index (κ1) is 13.4. The van der Waals surface area contributed by atoms with Crippen LogP contribution in [0.2, 0.25) is 0 Å². The lowest BCUT2D eigenvalue weighted by molar-refractivity contribution is 0.583. The fraction of sp³-hybridized carbons (Fsp3) is 0.143. The van der Waals surface area contributed by atoms with Gasteiger partial charge in [0.25, 0.3) is 0 Å². The van der Waals surface area contributed by atoms with E-state index in [1.807, 2.05) is 31.2 Å². The zero-order valence-corrected chi connectivity index (χ0v) is 12.5. The maximum absolute atomic E-state index is 12.1. The molecule has 0 spiro atoms. The van der Waals surface area contributed by atoms with Crippen LogP contribution >= 0.6 is 11.3 Å². The summed E-state index contributed by atoms with van der Waals surface area (Å²) in [5, 5.41) is 2.81. The molecule has 20 heavy (non-hydrogen) atoms. The van der Waals surface area contributed by atoms with E-state index in [4.69, 9.17) is 0 Å². The van der Waals surface area contributed by atoms with Gasteiger partial charge in [0.15, 0.2) is 0 Å². The average Bonchev–Trinajstić information content (AvgIpc) is 3.04. The number of sulfonamides is 1. The van der Waals surface area contributed by atoms with Crippen molar-refractivity contribution in [1.29, 1.82) is 0 Å². The summed E-state index contributed by atoms with van der Waals surface area (Å²) in [5.41, 5.74) is 3.00. The highest BCUT2D eigenvalue weighted by atomic mass is 32.2. The van der Waals surface area contributed by atoms with E-state index in [1.165, 1.54) is 11.3 Å². The predicted octanol–water partition coefficient (Wildman–Crippen LogP) is 3.02. The number of fused-ring (bicyclic) bond motifs is 1. The van der Waals surface area contributed by atoms with Crippen LogP contribution in [0.25, 0.3) is 10.9 Å². The van der Waals surface area contributed by atoms with Crippen LogP contribution in [0.15, 0.2) is 46.0 Å². The molecule has 0 saturated carbocycles. The molecule has 0 aliphatic heterocycles. The second-order valence-electron chi connectivity index (χ2n) is 4.53. The number of nitrogens with one attached hydrogen (secondary N) is 2. The van der Waals surface area contributed by atoms with Gasteiger partial charge in [0.1, 0.15) is 4.21 Å². The Hall–Kier alpha value is -1.63. The lowest BCUT2D eigenvalue weighted by atomic mass is 10.1. The monoisotopic (exact) mass is 306 g/mol. The summed E-state index contributed by atoms with van der Waals surface area (Å²) in [6, 6.07) is 11.2. The number of benzene rings is 1. The van der Waals surface area contributed by atoms with E-state index in [9.17, 15) is 8.42 Å². The van der Waals surface area contributed by atoms with Gasteiger partial charge in [-0.25, -0.2) is 13.1 Å². The normalized spacial score (nSPS) is 12.1. The summed E-state index contributed by atoms with van der Waals surface area (Å²) < 4.78 is 27.3. The third kappa shape index (κ3) is 2.37. The second-order valence-corrected chi connectivity index (χ2v) is 7.47. The van der Waals surface area contributed by atoms with Crippen LogP contribution in [0.5, 0.6) is 0 Å². The zero-order valence-electron chi connectivity index (χ0n) is 10.9. The zero-order chi connectivity index (χ0) is 14.2. The molecule has 0 aliphatic carbocycles. The number of aromatic amines is 1. The van der Waals surface area contributed by atoms with Gasteiger partial charge < -0.3 is 4.98 Å². The Bertz CT molecular complexity index is 833. The molecule has 0 radical (unpaired) electrons. The molecule has 0 saturated heterocycles. The predicted molar refractivity (Wildman–Crippen MR) is 81.4 cm³/mol. The molecule has 0 bridgehead atoms. The van der Waals surface area contributed by atoms with Crippen molar-refractivity contribution >= 4 is 32.3 Å². The number of hydrogen-bond donors (Lipinski definition) is 2. The molecule has 0 unspecified atom stereocenters. The lowest BCUT2D eigenvalue weighted by Crippen LogP contribution is -2.22. The summed E-state index contributed by atoms with van der Waals surface area (Å²) in [4.78, 5) is 3.27. The summed E-state index contributed by atoms with van der Waals surface area (Å²) in [6.07, 6.45) is 0. The first-order valence-electron chi connectivity index (χ1n) is 6.17. The first-order chi connectivity index (χ1) is 9.58. The largest absolute Gasteiger partial charge is 0.358 e. The van der Waals surface area contributed by atoms with Gasteiger partial charge in [0.2, 0.25) is 10.0 Å². The summed E-state index contributed by atoms with van der Waals surface area (Å²) >= 11 is 1.22. The Balaban J connectivity index is 1.90. The number of hydrogen-bond acceptors (Lipinski definition) is 3. The van der Waals surface area contributed by atoms with Crippen LogP contribution in [0.3, 0.4) is 0 Å². The Morgan fingerprint density at radius 3 is 2.75 bits per heavy atom. The van der Waals surface area contributed by atoms with E-state index < -0.39 is 10.0 Å². The SMILES string of the molecule is Cc1[nH]c2ccccc2c1CNS(=O)(=O)c1cccs1. The summed E-state index contributed by atoms with van der Waals surface area (Å²) in [6.45, 7) is 2.24. The Morgan fingerprint density at radius 2 is 2.00 bits per heavy atom. The minimum absolute atomic E-state index is 0.288. The van der Waals surface area contributed by atoms with Gasteiger partial charge in [-0.15, -0.1) is 11.3 Å². The molecule has 2 heterocycles. The van der Waals surface area contributed by atoms with E-state index >= 15 is 0 Å². The quantitative estimate of drug-likeness (QED) is 0.778. The van der Waals surface area contributed by atoms with Crippen LogP contribution in [0.4, 0.5) is 0 Å². The number of thiophene rings is 1. The van der Waals surface area contributed by atoms with E-state index in [0.29, 0.717) is 4.21 Å². The van der Waals surface area contributed by atoms with Gasteiger partial charge in [-0.05, 0) is 30.0 Å². The molecular weight excluding hydrogens is 292 g/mol. The molecule has 6 heteroatoms. The van der Waals surface area contributed by atoms with E-state index in [1.54, 1.807) is 17.5 Å². The highest BCUT2D eigenvalue weighted by Crippen LogP contribution is 2.22. The molecule has 104 valence electrons. The smallest absolute Gasteiger partial charge is 0.250 e. The molecule has 2 aromatic heterocycles. The molecule has 0 atom stereocenters. The van der Waals surface area contributed by atoms with Crippen molar-refractivity contribution in [2.24, 2.45) is 0 Å². The highest BCUT2D eigenvalue weighted by Gasteiger charge is 2.16. The maximum Gasteiger partial charge on any atom is 0.250 e. The van der Waals surface area contributed by atoms with Gasteiger partial charge in [0.05, 0.1) is 0 Å². The highest BCUT2D eigenvalue weighted by molar-refractivity contribution is 7.91. The van der Waals surface area contributed by atoms with Crippen LogP contribution in [-0.2, 0) is 16.6 Å². The third-order valence-electron chi connectivity index (χ3n) is 3.23. The Morgan fingerprint density at radius 1 is 1.20 bits per heavy atom. The summed E-state index contributed by atoms with van der Waals surface area (Å²) in [5.74, 6) is 0. The van der Waals surface area contributed by atoms with Crippen molar-refractivity contribution in [3.63, 3.8) is 0 Å². The van der Waals surface area contributed by atoms with Gasteiger partial charge in [-0.1, -0.05) is 24.3 Å². The first-order valence-corrected chi connectivity index (χ1v) is 8.53. The molecule has 2 N–H and O–H groups in total. The van der Waals surface area contributed by atoms with E-state index in [-0.39, 0.29) is 6.54 Å². The summed E-state index contributed by atoms with van der Waals surface area (Å²) in [7, 11) is -3.42. The van der Waals surface area contributed by atoms with Crippen LogP contribution < -0.4 is 4.72 Å². The van der Waals surface area contributed by atoms with Crippen LogP contribution in [0, 0.1) is 6.92 Å². The van der Waals surface area contributed by atoms with E-state index in [2.05, 4.69) is 9.71 Å². The maximum atomic E-state index is 12.1. The Kier molecular flexibility index (Phi) is 3.37. The lowest BCUT2D eigenvalue weighted by Gasteiger charge is -2.05. The van der Waals surface area contributed by atoms with Gasteiger partial charge in [-0.3, -0.25) is 0 Å². The fourth-order valence-corrected chi connectivity index (χ4v) is 4.25. The molecule has 4 nitrogen and oxygen atoms in total. The van der Waals surface area contributed by atoms with E-state index in [0.717, 1.165) is 22.2 Å². The number of aromatic nitrogens is 1. The fourth-order valence-electron chi connectivity index (χ4n) is 2.22. The van der Waals surface area contributed by atoms with Crippen molar-refractivity contribution < 1.29 is 8.42 Å². The third-order valence-corrected chi connectivity index (χ3v) is 6.02. The van der Waals surface area contributed by atoms with Gasteiger partial charge >= 0.3 is 0 Å².